The molecule has 0 fully saturated rings. The Morgan fingerprint density at radius 1 is 1.40 bits per heavy atom. The summed E-state index contributed by atoms with van der Waals surface area (Å²) in [5.74, 6) is -2.72. The van der Waals surface area contributed by atoms with Crippen LogP contribution in [0, 0.1) is 11.6 Å². The van der Waals surface area contributed by atoms with E-state index in [1.165, 1.54) is 0 Å². The minimum atomic E-state index is -1.44. The molecule has 0 spiro atoms. The van der Waals surface area contributed by atoms with Gasteiger partial charge in [-0.05, 0) is 13.0 Å². The van der Waals surface area contributed by atoms with Gasteiger partial charge >= 0.3 is 5.97 Å². The number of aryl methyl sites for hydroxylation is 1. The summed E-state index contributed by atoms with van der Waals surface area (Å²) in [6, 6.07) is 1.49. The van der Waals surface area contributed by atoms with Crippen molar-refractivity contribution < 1.29 is 18.7 Å². The Hall–Kier alpha value is -2.44. The first-order valence-electron chi connectivity index (χ1n) is 5.99. The van der Waals surface area contributed by atoms with Crippen molar-refractivity contribution in [3.63, 3.8) is 0 Å². The quantitative estimate of drug-likeness (QED) is 0.883. The van der Waals surface area contributed by atoms with E-state index in [1.54, 1.807) is 12.4 Å². The first-order chi connectivity index (χ1) is 9.52. The molecule has 0 saturated carbocycles. The van der Waals surface area contributed by atoms with Crippen LogP contribution in [0.25, 0.3) is 0 Å². The van der Waals surface area contributed by atoms with E-state index in [0.717, 1.165) is 6.07 Å². The van der Waals surface area contributed by atoms with Crippen molar-refractivity contribution >= 4 is 11.7 Å². The number of hydrogen-bond donors (Lipinski definition) is 2. The number of hydrogen-bond acceptors (Lipinski definition) is 3. The normalized spacial score (nSPS) is 10.6. The van der Waals surface area contributed by atoms with Gasteiger partial charge in [0.1, 0.15) is 17.5 Å². The summed E-state index contributed by atoms with van der Waals surface area (Å²) in [7, 11) is 0. The number of carboxylic acids is 1. The monoisotopic (exact) mass is 281 g/mol. The van der Waals surface area contributed by atoms with Crippen molar-refractivity contribution in [1.82, 2.24) is 9.55 Å². The Bertz CT molecular complexity index is 641. The zero-order valence-electron chi connectivity index (χ0n) is 10.7. The molecule has 0 saturated heterocycles. The van der Waals surface area contributed by atoms with Crippen LogP contribution in [0.1, 0.15) is 23.1 Å². The highest BCUT2D eigenvalue weighted by Crippen LogP contribution is 2.20. The second-order valence-corrected chi connectivity index (χ2v) is 4.10. The number of aromatic carboxylic acids is 1. The van der Waals surface area contributed by atoms with E-state index in [2.05, 4.69) is 10.3 Å². The maximum atomic E-state index is 13.6. The van der Waals surface area contributed by atoms with Gasteiger partial charge in [0.2, 0.25) is 0 Å². The van der Waals surface area contributed by atoms with E-state index in [-0.39, 0.29) is 12.2 Å². The number of benzene rings is 1. The summed E-state index contributed by atoms with van der Waals surface area (Å²) in [5, 5.41) is 11.5. The lowest BCUT2D eigenvalue weighted by Gasteiger charge is -2.10. The molecule has 2 N–H and O–H groups in total. The number of halogens is 2. The van der Waals surface area contributed by atoms with E-state index in [9.17, 15) is 13.6 Å². The second kappa shape index (κ2) is 5.68. The Morgan fingerprint density at radius 3 is 2.80 bits per heavy atom. The van der Waals surface area contributed by atoms with Crippen LogP contribution in [0.5, 0.6) is 0 Å². The molecule has 106 valence electrons. The number of rotatable bonds is 5. The predicted octanol–water partition coefficient (Wildman–Crippen LogP) is 2.49. The molecule has 0 atom stereocenters. The topological polar surface area (TPSA) is 67.2 Å². The van der Waals surface area contributed by atoms with Crippen LogP contribution in [0.3, 0.4) is 0 Å². The van der Waals surface area contributed by atoms with E-state index >= 15 is 0 Å². The van der Waals surface area contributed by atoms with Gasteiger partial charge in [0.05, 0.1) is 17.8 Å². The highest BCUT2D eigenvalue weighted by atomic mass is 19.1. The zero-order valence-corrected chi connectivity index (χ0v) is 10.7. The Kier molecular flexibility index (Phi) is 3.97. The number of nitrogens with zero attached hydrogens (tertiary/aromatic N) is 2. The molecular weight excluding hydrogens is 268 g/mol. The molecule has 1 aromatic carbocycles. The zero-order chi connectivity index (χ0) is 14.7. The van der Waals surface area contributed by atoms with Crippen LogP contribution in [0.15, 0.2) is 24.5 Å². The van der Waals surface area contributed by atoms with Crippen molar-refractivity contribution in [2.24, 2.45) is 0 Å². The van der Waals surface area contributed by atoms with Gasteiger partial charge in [-0.3, -0.25) is 0 Å². The SMILES string of the molecule is CCn1ccnc1CNc1cc(C(=O)O)c(F)cc1F. The van der Waals surface area contributed by atoms with Gasteiger partial charge in [-0.15, -0.1) is 0 Å². The minimum Gasteiger partial charge on any atom is -0.478 e. The number of carbonyl (C=O) groups is 1. The molecule has 0 aliphatic rings. The van der Waals surface area contributed by atoms with Gasteiger partial charge in [-0.2, -0.15) is 0 Å². The third kappa shape index (κ3) is 2.76. The highest BCUT2D eigenvalue weighted by Gasteiger charge is 2.15. The number of anilines is 1. The lowest BCUT2D eigenvalue weighted by atomic mass is 10.2. The molecule has 5 nitrogen and oxygen atoms in total. The van der Waals surface area contributed by atoms with Crippen LogP contribution in [0.4, 0.5) is 14.5 Å². The van der Waals surface area contributed by atoms with Gasteiger partial charge in [0, 0.05) is 25.0 Å². The summed E-state index contributed by atoms with van der Waals surface area (Å²) in [6.07, 6.45) is 3.39. The fourth-order valence-corrected chi connectivity index (χ4v) is 1.82. The number of aromatic nitrogens is 2. The smallest absolute Gasteiger partial charge is 0.338 e. The molecule has 7 heteroatoms. The molecule has 0 radical (unpaired) electrons. The lowest BCUT2D eigenvalue weighted by Crippen LogP contribution is -2.10. The second-order valence-electron chi connectivity index (χ2n) is 4.10. The number of carboxylic acid groups (broad SMARTS) is 1. The fraction of sp³-hybridized carbons (Fsp3) is 0.231. The van der Waals surface area contributed by atoms with Crippen molar-refractivity contribution in [3.05, 3.63) is 47.5 Å². The first kappa shape index (κ1) is 14.0. The predicted molar refractivity (Wildman–Crippen MR) is 68.5 cm³/mol. The molecular formula is C13H13F2N3O2. The van der Waals surface area contributed by atoms with E-state index in [1.807, 2.05) is 11.5 Å². The van der Waals surface area contributed by atoms with Gasteiger partial charge in [0.15, 0.2) is 0 Å². The summed E-state index contributed by atoms with van der Waals surface area (Å²) < 4.78 is 28.7. The molecule has 0 amide bonds. The van der Waals surface area contributed by atoms with Crippen LogP contribution in [-0.2, 0) is 13.1 Å². The van der Waals surface area contributed by atoms with Crippen molar-refractivity contribution in [2.45, 2.75) is 20.0 Å². The fourth-order valence-electron chi connectivity index (χ4n) is 1.82. The molecule has 0 aliphatic carbocycles. The van der Waals surface area contributed by atoms with E-state index in [4.69, 9.17) is 5.11 Å². The molecule has 1 heterocycles. The molecule has 2 aromatic rings. The number of imidazole rings is 1. The first-order valence-corrected chi connectivity index (χ1v) is 5.99. The molecule has 1 aromatic heterocycles. The third-order valence-corrected chi connectivity index (χ3v) is 2.87. The molecule has 0 unspecified atom stereocenters. The maximum absolute atomic E-state index is 13.6. The molecule has 2 rings (SSSR count). The molecule has 0 bridgehead atoms. The molecule has 20 heavy (non-hydrogen) atoms. The van der Waals surface area contributed by atoms with Crippen molar-refractivity contribution in [2.75, 3.05) is 5.32 Å². The van der Waals surface area contributed by atoms with Crippen LogP contribution < -0.4 is 5.32 Å². The average Bonchev–Trinajstić information content (AvgIpc) is 2.84. The van der Waals surface area contributed by atoms with Gasteiger partial charge in [0.25, 0.3) is 0 Å². The summed E-state index contributed by atoms with van der Waals surface area (Å²) >= 11 is 0. The minimum absolute atomic E-state index is 0.0746. The summed E-state index contributed by atoms with van der Waals surface area (Å²) in [6.45, 7) is 2.86. The van der Waals surface area contributed by atoms with E-state index < -0.39 is 23.2 Å². The summed E-state index contributed by atoms with van der Waals surface area (Å²) in [5.41, 5.74) is -0.651. The third-order valence-electron chi connectivity index (χ3n) is 2.87. The lowest BCUT2D eigenvalue weighted by molar-refractivity contribution is 0.0692. The standard InChI is InChI=1S/C13H13F2N3O2/c1-2-18-4-3-16-12(18)7-17-11-5-8(13(19)20)9(14)6-10(11)15/h3-6,17H,2,7H2,1H3,(H,19,20). The Morgan fingerprint density at radius 2 is 2.15 bits per heavy atom. The van der Waals surface area contributed by atoms with Crippen LogP contribution in [-0.4, -0.2) is 20.6 Å². The van der Waals surface area contributed by atoms with Gasteiger partial charge < -0.3 is 15.0 Å². The Balaban J connectivity index is 2.21. The van der Waals surface area contributed by atoms with Gasteiger partial charge in [-0.1, -0.05) is 0 Å². The number of nitrogens with one attached hydrogen (secondary N) is 1. The highest BCUT2D eigenvalue weighted by molar-refractivity contribution is 5.89. The summed E-state index contributed by atoms with van der Waals surface area (Å²) in [4.78, 5) is 14.9. The van der Waals surface area contributed by atoms with Crippen LogP contribution >= 0.6 is 0 Å². The average molecular weight is 281 g/mol. The van der Waals surface area contributed by atoms with Crippen molar-refractivity contribution in [1.29, 1.82) is 0 Å². The molecule has 0 aliphatic heterocycles. The maximum Gasteiger partial charge on any atom is 0.338 e. The largest absolute Gasteiger partial charge is 0.478 e. The Labute approximate surface area is 113 Å². The van der Waals surface area contributed by atoms with Crippen molar-refractivity contribution in [3.8, 4) is 0 Å². The van der Waals surface area contributed by atoms with E-state index in [0.29, 0.717) is 18.4 Å². The van der Waals surface area contributed by atoms with Crippen LogP contribution in [0.2, 0.25) is 0 Å². The van der Waals surface area contributed by atoms with Gasteiger partial charge in [-0.25, -0.2) is 18.6 Å².